The number of esters is 1. The number of nitrogens with one attached hydrogen (secondary N) is 1. The predicted molar refractivity (Wildman–Crippen MR) is 103 cm³/mol. The molecule has 0 unspecified atom stereocenters. The van der Waals surface area contributed by atoms with Gasteiger partial charge in [0.2, 0.25) is 5.95 Å². The number of aryl methyl sites for hydroxylation is 1. The molecule has 0 bridgehead atoms. The number of carbonyl (C=O) groups is 1. The molecule has 1 fully saturated rings. The predicted octanol–water partition coefficient (Wildman–Crippen LogP) is 2.66. The zero-order valence-electron chi connectivity index (χ0n) is 16.1. The number of carbonyl (C=O) groups excluding carboxylic acids is 1. The fourth-order valence-electron chi connectivity index (χ4n) is 3.37. The monoisotopic (exact) mass is 370 g/mol. The molecule has 2 aromatic rings. The molecule has 1 atom stereocenters. The van der Waals surface area contributed by atoms with E-state index in [0.717, 1.165) is 43.9 Å². The van der Waals surface area contributed by atoms with E-state index in [1.807, 2.05) is 19.1 Å². The smallest absolute Gasteiger partial charge is 0.356 e. The van der Waals surface area contributed by atoms with Crippen LogP contribution in [-0.4, -0.2) is 54.2 Å². The maximum atomic E-state index is 11.8. The SMILES string of the molecule is COC(=O)c1cc(C)nc(N[C@H]2CCCN(Cc3cccc(OC)c3)C2)n1. The van der Waals surface area contributed by atoms with Crippen molar-refractivity contribution in [2.24, 2.45) is 0 Å². The summed E-state index contributed by atoms with van der Waals surface area (Å²) in [4.78, 5) is 22.9. The van der Waals surface area contributed by atoms with E-state index < -0.39 is 5.97 Å². The van der Waals surface area contributed by atoms with Gasteiger partial charge >= 0.3 is 5.97 Å². The first kappa shape index (κ1) is 19.1. The Hall–Kier alpha value is -2.67. The van der Waals surface area contributed by atoms with Gasteiger partial charge in [-0.05, 0) is 50.1 Å². The quantitative estimate of drug-likeness (QED) is 0.783. The van der Waals surface area contributed by atoms with Crippen LogP contribution in [0.3, 0.4) is 0 Å². The lowest BCUT2D eigenvalue weighted by molar-refractivity contribution is 0.0593. The minimum atomic E-state index is -0.452. The third kappa shape index (κ3) is 5.17. The molecule has 1 saturated heterocycles. The summed E-state index contributed by atoms with van der Waals surface area (Å²) in [5.41, 5.74) is 2.24. The lowest BCUT2D eigenvalue weighted by atomic mass is 10.0. The van der Waals surface area contributed by atoms with Gasteiger partial charge in [-0.2, -0.15) is 0 Å². The maximum Gasteiger partial charge on any atom is 0.356 e. The maximum absolute atomic E-state index is 11.8. The van der Waals surface area contributed by atoms with Crippen molar-refractivity contribution in [3.05, 3.63) is 47.3 Å². The lowest BCUT2D eigenvalue weighted by Crippen LogP contribution is -2.42. The number of hydrogen-bond acceptors (Lipinski definition) is 7. The highest BCUT2D eigenvalue weighted by molar-refractivity contribution is 5.87. The summed E-state index contributed by atoms with van der Waals surface area (Å²) in [6, 6.07) is 10.0. The highest BCUT2D eigenvalue weighted by atomic mass is 16.5. The average molecular weight is 370 g/mol. The van der Waals surface area contributed by atoms with E-state index in [1.54, 1.807) is 13.2 Å². The molecule has 27 heavy (non-hydrogen) atoms. The van der Waals surface area contributed by atoms with E-state index >= 15 is 0 Å². The first-order chi connectivity index (χ1) is 13.1. The average Bonchev–Trinajstić information content (AvgIpc) is 2.67. The second kappa shape index (κ2) is 8.81. The molecule has 3 rings (SSSR count). The van der Waals surface area contributed by atoms with Crippen LogP contribution in [0.2, 0.25) is 0 Å². The van der Waals surface area contributed by atoms with Crippen LogP contribution in [-0.2, 0) is 11.3 Å². The van der Waals surface area contributed by atoms with E-state index in [2.05, 4.69) is 32.3 Å². The van der Waals surface area contributed by atoms with Gasteiger partial charge in [0, 0.05) is 24.8 Å². The summed E-state index contributed by atoms with van der Waals surface area (Å²) >= 11 is 0. The Morgan fingerprint density at radius 1 is 1.30 bits per heavy atom. The third-order valence-corrected chi connectivity index (χ3v) is 4.63. The summed E-state index contributed by atoms with van der Waals surface area (Å²) in [6.45, 7) is 4.66. The topological polar surface area (TPSA) is 76.6 Å². The molecular weight excluding hydrogens is 344 g/mol. The van der Waals surface area contributed by atoms with E-state index in [0.29, 0.717) is 5.95 Å². The van der Waals surface area contributed by atoms with E-state index in [4.69, 9.17) is 9.47 Å². The molecule has 1 aliphatic rings. The molecule has 0 radical (unpaired) electrons. The van der Waals surface area contributed by atoms with E-state index in [-0.39, 0.29) is 11.7 Å². The molecule has 0 amide bonds. The molecule has 0 aliphatic carbocycles. The Bertz CT molecular complexity index is 797. The van der Waals surface area contributed by atoms with Crippen molar-refractivity contribution in [2.45, 2.75) is 32.4 Å². The summed E-state index contributed by atoms with van der Waals surface area (Å²) in [6.07, 6.45) is 2.14. The Kier molecular flexibility index (Phi) is 6.24. The fraction of sp³-hybridized carbons (Fsp3) is 0.450. The second-order valence-electron chi connectivity index (χ2n) is 6.78. The summed E-state index contributed by atoms with van der Waals surface area (Å²) in [5.74, 6) is 0.901. The lowest BCUT2D eigenvalue weighted by Gasteiger charge is -2.33. The van der Waals surface area contributed by atoms with Gasteiger partial charge in [0.25, 0.3) is 0 Å². The normalized spacial score (nSPS) is 17.4. The van der Waals surface area contributed by atoms with E-state index in [1.165, 1.54) is 12.7 Å². The first-order valence-corrected chi connectivity index (χ1v) is 9.13. The fourth-order valence-corrected chi connectivity index (χ4v) is 3.37. The van der Waals surface area contributed by atoms with Crippen LogP contribution in [0, 0.1) is 6.92 Å². The zero-order chi connectivity index (χ0) is 19.2. The van der Waals surface area contributed by atoms with Gasteiger partial charge in [-0.15, -0.1) is 0 Å². The van der Waals surface area contributed by atoms with Crippen LogP contribution in [0.25, 0.3) is 0 Å². The van der Waals surface area contributed by atoms with Crippen molar-refractivity contribution in [1.82, 2.24) is 14.9 Å². The Morgan fingerprint density at radius 2 is 2.15 bits per heavy atom. The summed E-state index contributed by atoms with van der Waals surface area (Å²) in [7, 11) is 3.04. The van der Waals surface area contributed by atoms with Gasteiger partial charge < -0.3 is 14.8 Å². The number of rotatable bonds is 6. The summed E-state index contributed by atoms with van der Waals surface area (Å²) < 4.78 is 10.1. The molecule has 2 heterocycles. The van der Waals surface area contributed by atoms with Crippen molar-refractivity contribution in [3.63, 3.8) is 0 Å². The van der Waals surface area contributed by atoms with Crippen molar-refractivity contribution >= 4 is 11.9 Å². The van der Waals surface area contributed by atoms with E-state index in [9.17, 15) is 4.79 Å². The first-order valence-electron chi connectivity index (χ1n) is 9.13. The van der Waals surface area contributed by atoms with Crippen molar-refractivity contribution in [2.75, 3.05) is 32.6 Å². The third-order valence-electron chi connectivity index (χ3n) is 4.63. The Balaban J connectivity index is 1.64. The van der Waals surface area contributed by atoms with Gasteiger partial charge in [-0.25, -0.2) is 14.8 Å². The van der Waals surface area contributed by atoms with Gasteiger partial charge in [0.15, 0.2) is 5.69 Å². The number of methoxy groups -OCH3 is 2. The van der Waals surface area contributed by atoms with Gasteiger partial charge in [-0.1, -0.05) is 12.1 Å². The highest BCUT2D eigenvalue weighted by Crippen LogP contribution is 2.19. The highest BCUT2D eigenvalue weighted by Gasteiger charge is 2.21. The van der Waals surface area contributed by atoms with Gasteiger partial charge in [0.05, 0.1) is 14.2 Å². The van der Waals surface area contributed by atoms with Crippen LogP contribution in [0.1, 0.15) is 34.6 Å². The molecule has 1 aromatic heterocycles. The summed E-state index contributed by atoms with van der Waals surface area (Å²) in [5, 5.41) is 3.38. The number of piperidine rings is 1. The van der Waals surface area contributed by atoms with Crippen LogP contribution in [0.5, 0.6) is 5.75 Å². The molecule has 0 saturated carbocycles. The van der Waals surface area contributed by atoms with Crippen LogP contribution < -0.4 is 10.1 Å². The van der Waals surface area contributed by atoms with Gasteiger partial charge in [-0.3, -0.25) is 4.90 Å². The molecule has 144 valence electrons. The zero-order valence-corrected chi connectivity index (χ0v) is 16.1. The molecular formula is C20H26N4O3. The second-order valence-corrected chi connectivity index (χ2v) is 6.78. The molecule has 1 aliphatic heterocycles. The van der Waals surface area contributed by atoms with Crippen LogP contribution >= 0.6 is 0 Å². The van der Waals surface area contributed by atoms with Gasteiger partial charge in [0.1, 0.15) is 5.75 Å². The van der Waals surface area contributed by atoms with Crippen LogP contribution in [0.4, 0.5) is 5.95 Å². The molecule has 0 spiro atoms. The molecule has 1 N–H and O–H groups in total. The minimum absolute atomic E-state index is 0.233. The van der Waals surface area contributed by atoms with Crippen molar-refractivity contribution in [1.29, 1.82) is 0 Å². The number of nitrogens with zero attached hydrogens (tertiary/aromatic N) is 3. The largest absolute Gasteiger partial charge is 0.497 e. The minimum Gasteiger partial charge on any atom is -0.497 e. The number of likely N-dealkylation sites (tertiary alicyclic amines) is 1. The molecule has 1 aromatic carbocycles. The number of anilines is 1. The van der Waals surface area contributed by atoms with Crippen molar-refractivity contribution in [3.8, 4) is 5.75 Å². The standard InChI is InChI=1S/C20H26N4O3/c1-14-10-18(19(25)27-3)23-20(21-14)22-16-7-5-9-24(13-16)12-15-6-4-8-17(11-15)26-2/h4,6,8,10-11,16H,5,7,9,12-13H2,1-3H3,(H,21,22,23)/t16-/m0/s1. The number of hydrogen-bond donors (Lipinski definition) is 1. The molecule has 7 nitrogen and oxygen atoms in total. The number of ether oxygens (including phenoxy) is 2. The molecule has 7 heteroatoms. The number of benzene rings is 1. The Morgan fingerprint density at radius 3 is 2.93 bits per heavy atom. The number of aromatic nitrogens is 2. The van der Waals surface area contributed by atoms with Crippen LogP contribution in [0.15, 0.2) is 30.3 Å². The van der Waals surface area contributed by atoms with Crippen molar-refractivity contribution < 1.29 is 14.3 Å². The Labute approximate surface area is 159 Å².